The molecule has 0 amide bonds. The minimum Gasteiger partial charge on any atom is -0.372 e. The first-order chi connectivity index (χ1) is 13.4. The highest BCUT2D eigenvalue weighted by Crippen LogP contribution is 2.38. The molecule has 0 saturated heterocycles. The number of benzene rings is 2. The molecule has 0 saturated carbocycles. The highest BCUT2D eigenvalue weighted by molar-refractivity contribution is 7.80. The first-order valence-corrected chi connectivity index (χ1v) is 9.61. The van der Waals surface area contributed by atoms with Crippen molar-refractivity contribution in [1.29, 1.82) is 0 Å². The lowest BCUT2D eigenvalue weighted by Gasteiger charge is -2.18. The van der Waals surface area contributed by atoms with Crippen LogP contribution < -0.4 is 4.90 Å². The van der Waals surface area contributed by atoms with E-state index in [1.165, 1.54) is 0 Å². The third-order valence-electron chi connectivity index (χ3n) is 4.86. The van der Waals surface area contributed by atoms with Gasteiger partial charge in [-0.15, -0.1) is 0 Å². The molecule has 0 radical (unpaired) electrons. The van der Waals surface area contributed by atoms with Gasteiger partial charge in [0.05, 0.1) is 16.9 Å². The van der Waals surface area contributed by atoms with Crippen molar-refractivity contribution in [2.24, 2.45) is 0 Å². The standard InChI is InChI=1S/C21H24N4O2S/c1-15-20(16-8-5-4-6-9-16)22-14-24(15)13-12-19(28)17-10-7-11-18(23(2)3)21(17)25(26)27/h4-11,14,19,28H,12-13H2,1-3H3. The number of hydrogen-bond acceptors (Lipinski definition) is 5. The van der Waals surface area contributed by atoms with Crippen LogP contribution in [0.15, 0.2) is 54.9 Å². The smallest absolute Gasteiger partial charge is 0.296 e. The van der Waals surface area contributed by atoms with Gasteiger partial charge in [-0.1, -0.05) is 42.5 Å². The molecule has 7 heteroatoms. The zero-order valence-electron chi connectivity index (χ0n) is 16.2. The number of nitro benzene ring substituents is 1. The molecule has 2 aromatic carbocycles. The van der Waals surface area contributed by atoms with E-state index in [1.807, 2.05) is 49.6 Å². The van der Waals surface area contributed by atoms with Crippen LogP contribution in [0.5, 0.6) is 0 Å². The molecule has 0 bridgehead atoms. The Labute approximate surface area is 170 Å². The van der Waals surface area contributed by atoms with Crippen molar-refractivity contribution < 1.29 is 4.92 Å². The third-order valence-corrected chi connectivity index (χ3v) is 5.40. The van der Waals surface area contributed by atoms with E-state index in [9.17, 15) is 10.1 Å². The summed E-state index contributed by atoms with van der Waals surface area (Å²) in [5.41, 5.74) is 4.46. The number of anilines is 1. The summed E-state index contributed by atoms with van der Waals surface area (Å²) >= 11 is 4.68. The lowest BCUT2D eigenvalue weighted by Crippen LogP contribution is -2.13. The number of hydrogen-bond donors (Lipinski definition) is 1. The second-order valence-corrected chi connectivity index (χ2v) is 7.53. The van der Waals surface area contributed by atoms with Crippen LogP contribution in [0.3, 0.4) is 0 Å². The highest BCUT2D eigenvalue weighted by Gasteiger charge is 2.25. The molecule has 3 aromatic rings. The van der Waals surface area contributed by atoms with E-state index in [0.717, 1.165) is 17.0 Å². The zero-order chi connectivity index (χ0) is 20.3. The van der Waals surface area contributed by atoms with Crippen molar-refractivity contribution in [3.8, 4) is 11.3 Å². The van der Waals surface area contributed by atoms with Crippen LogP contribution in [-0.2, 0) is 6.54 Å². The van der Waals surface area contributed by atoms with E-state index in [0.29, 0.717) is 24.2 Å². The zero-order valence-corrected chi connectivity index (χ0v) is 17.1. The number of para-hydroxylation sites is 1. The number of imidazole rings is 1. The van der Waals surface area contributed by atoms with E-state index in [-0.39, 0.29) is 15.9 Å². The molecule has 28 heavy (non-hydrogen) atoms. The molecule has 1 unspecified atom stereocenters. The Morgan fingerprint density at radius 3 is 2.54 bits per heavy atom. The van der Waals surface area contributed by atoms with Gasteiger partial charge in [0.25, 0.3) is 5.69 Å². The van der Waals surface area contributed by atoms with E-state index < -0.39 is 0 Å². The maximum atomic E-state index is 11.7. The Morgan fingerprint density at radius 1 is 1.18 bits per heavy atom. The summed E-state index contributed by atoms with van der Waals surface area (Å²) in [6, 6.07) is 15.4. The Balaban J connectivity index is 1.80. The molecule has 6 nitrogen and oxygen atoms in total. The molecule has 0 aliphatic heterocycles. The molecule has 0 aliphatic rings. The van der Waals surface area contributed by atoms with Gasteiger partial charge in [-0.25, -0.2) is 4.98 Å². The molecule has 3 rings (SSSR count). The number of aryl methyl sites for hydroxylation is 1. The number of rotatable bonds is 7. The third kappa shape index (κ3) is 4.04. The number of nitrogens with zero attached hydrogens (tertiary/aromatic N) is 4. The first-order valence-electron chi connectivity index (χ1n) is 9.10. The monoisotopic (exact) mass is 396 g/mol. The maximum Gasteiger partial charge on any atom is 0.296 e. The highest BCUT2D eigenvalue weighted by atomic mass is 32.1. The minimum atomic E-state index is -0.316. The average molecular weight is 397 g/mol. The van der Waals surface area contributed by atoms with Crippen molar-refractivity contribution in [1.82, 2.24) is 9.55 Å². The molecule has 0 spiro atoms. The Kier molecular flexibility index (Phi) is 6.04. The maximum absolute atomic E-state index is 11.7. The van der Waals surface area contributed by atoms with Crippen molar-refractivity contribution in [3.63, 3.8) is 0 Å². The largest absolute Gasteiger partial charge is 0.372 e. The SMILES string of the molecule is Cc1c(-c2ccccc2)ncn1CCC(S)c1cccc(N(C)C)c1[N+](=O)[O-]. The van der Waals surface area contributed by atoms with Gasteiger partial charge in [-0.3, -0.25) is 10.1 Å². The van der Waals surface area contributed by atoms with E-state index in [4.69, 9.17) is 0 Å². The summed E-state index contributed by atoms with van der Waals surface area (Å²) in [5, 5.41) is 11.4. The predicted molar refractivity (Wildman–Crippen MR) is 116 cm³/mol. The molecular weight excluding hydrogens is 372 g/mol. The summed E-state index contributed by atoms with van der Waals surface area (Å²) < 4.78 is 2.08. The van der Waals surface area contributed by atoms with Crippen LogP contribution >= 0.6 is 12.6 Å². The molecule has 1 aromatic heterocycles. The minimum absolute atomic E-state index is 0.125. The molecule has 146 valence electrons. The fourth-order valence-corrected chi connectivity index (χ4v) is 3.67. The summed E-state index contributed by atoms with van der Waals surface area (Å²) in [7, 11) is 3.61. The molecule has 0 N–H and O–H groups in total. The lowest BCUT2D eigenvalue weighted by atomic mass is 10.0. The summed E-state index contributed by atoms with van der Waals surface area (Å²) in [6.07, 6.45) is 2.48. The fourth-order valence-electron chi connectivity index (χ4n) is 3.34. The van der Waals surface area contributed by atoms with Crippen molar-refractivity contribution in [3.05, 3.63) is 76.2 Å². The Morgan fingerprint density at radius 2 is 1.89 bits per heavy atom. The predicted octanol–water partition coefficient (Wildman–Crippen LogP) is 4.89. The Hall–Kier alpha value is -2.80. The van der Waals surface area contributed by atoms with Crippen LogP contribution in [0.4, 0.5) is 11.4 Å². The number of thiol groups is 1. The lowest BCUT2D eigenvalue weighted by molar-refractivity contribution is -0.384. The second kappa shape index (κ2) is 8.48. The molecule has 1 heterocycles. The van der Waals surface area contributed by atoms with Gasteiger partial charge in [0.2, 0.25) is 0 Å². The fraction of sp³-hybridized carbons (Fsp3) is 0.286. The van der Waals surface area contributed by atoms with E-state index >= 15 is 0 Å². The molecule has 0 fully saturated rings. The van der Waals surface area contributed by atoms with E-state index in [1.54, 1.807) is 31.1 Å². The van der Waals surface area contributed by atoms with Gasteiger partial charge < -0.3 is 9.47 Å². The first kappa shape index (κ1) is 19.9. The van der Waals surface area contributed by atoms with Crippen LogP contribution in [0.2, 0.25) is 0 Å². The van der Waals surface area contributed by atoms with Gasteiger partial charge in [0, 0.05) is 42.7 Å². The van der Waals surface area contributed by atoms with Gasteiger partial charge in [-0.05, 0) is 19.4 Å². The number of nitro groups is 1. The molecule has 1 atom stereocenters. The van der Waals surface area contributed by atoms with Gasteiger partial charge in [0.1, 0.15) is 5.69 Å². The van der Waals surface area contributed by atoms with Gasteiger partial charge in [-0.2, -0.15) is 12.6 Å². The second-order valence-electron chi connectivity index (χ2n) is 6.91. The van der Waals surface area contributed by atoms with Crippen LogP contribution in [0, 0.1) is 17.0 Å². The summed E-state index contributed by atoms with van der Waals surface area (Å²) in [4.78, 5) is 17.7. The van der Waals surface area contributed by atoms with Crippen LogP contribution in [-0.4, -0.2) is 28.6 Å². The summed E-state index contributed by atoms with van der Waals surface area (Å²) in [6.45, 7) is 2.72. The molecular formula is C21H24N4O2S. The van der Waals surface area contributed by atoms with Gasteiger partial charge >= 0.3 is 0 Å². The van der Waals surface area contributed by atoms with Crippen LogP contribution in [0.1, 0.15) is 22.9 Å². The van der Waals surface area contributed by atoms with Crippen molar-refractivity contribution in [2.75, 3.05) is 19.0 Å². The topological polar surface area (TPSA) is 64.2 Å². The summed E-state index contributed by atoms with van der Waals surface area (Å²) in [5.74, 6) is 0. The van der Waals surface area contributed by atoms with Crippen LogP contribution in [0.25, 0.3) is 11.3 Å². The van der Waals surface area contributed by atoms with Gasteiger partial charge in [0.15, 0.2) is 0 Å². The average Bonchev–Trinajstić information content (AvgIpc) is 3.06. The van der Waals surface area contributed by atoms with Crippen molar-refractivity contribution >= 4 is 24.0 Å². The normalized spacial score (nSPS) is 12.0. The van der Waals surface area contributed by atoms with E-state index in [2.05, 4.69) is 22.2 Å². The molecule has 0 aliphatic carbocycles. The van der Waals surface area contributed by atoms with Crippen molar-refractivity contribution in [2.45, 2.75) is 25.1 Å². The quantitative estimate of drug-likeness (QED) is 0.351. The Bertz CT molecular complexity index is 970. The number of aromatic nitrogens is 2.